The molecule has 46 heavy (non-hydrogen) atoms. The molecule has 0 unspecified atom stereocenters. The minimum Gasteiger partial charge on any atom is -0.506 e. The van der Waals surface area contributed by atoms with E-state index in [2.05, 4.69) is 15.0 Å². The number of phenols is 1. The number of phenolic OH excluding ortho intramolecular Hbond substituents is 1. The third kappa shape index (κ3) is 8.24. The highest BCUT2D eigenvalue weighted by molar-refractivity contribution is 6.05. The van der Waals surface area contributed by atoms with E-state index in [1.54, 1.807) is 0 Å². The fourth-order valence-corrected chi connectivity index (χ4v) is 3.69. The third-order valence-electron chi connectivity index (χ3n) is 5.83. The van der Waals surface area contributed by atoms with E-state index in [0.717, 1.165) is 54.6 Å². The van der Waals surface area contributed by atoms with E-state index in [1.165, 1.54) is 30.3 Å². The van der Waals surface area contributed by atoms with E-state index in [0.29, 0.717) is 11.1 Å². The van der Waals surface area contributed by atoms with Crippen LogP contribution < -0.4 is 10.1 Å². The van der Waals surface area contributed by atoms with Gasteiger partial charge in [-0.3, -0.25) is 25.0 Å². The minimum absolute atomic E-state index is 0.0936. The highest BCUT2D eigenvalue weighted by Gasteiger charge is 2.31. The number of carbonyl (C=O) groups excluding carboxylic acids is 1. The molecular formula is C28H16F6N4O8. The first-order chi connectivity index (χ1) is 21.5. The highest BCUT2D eigenvalue weighted by Crippen LogP contribution is 2.32. The summed E-state index contributed by atoms with van der Waals surface area (Å²) in [5.41, 5.74) is -0.679. The summed E-state index contributed by atoms with van der Waals surface area (Å²) in [4.78, 5) is 36.1. The molecule has 238 valence electrons. The fraction of sp³-hybridized carbons (Fsp3) is 0.0714. The molecule has 0 spiro atoms. The number of nitrogens with one attached hydrogen (secondary N) is 1. The molecule has 1 heterocycles. The number of nitro groups is 2. The number of hydrogen-bond acceptors (Lipinski definition) is 9. The van der Waals surface area contributed by atoms with Crippen LogP contribution in [0, 0.1) is 20.2 Å². The third-order valence-corrected chi connectivity index (χ3v) is 5.83. The van der Waals surface area contributed by atoms with Gasteiger partial charge in [-0.25, -0.2) is 4.98 Å². The van der Waals surface area contributed by atoms with Gasteiger partial charge in [-0.2, -0.15) is 13.2 Å². The van der Waals surface area contributed by atoms with Crippen LogP contribution in [0.4, 0.5) is 43.4 Å². The van der Waals surface area contributed by atoms with Crippen molar-refractivity contribution in [2.45, 2.75) is 12.5 Å². The number of non-ortho nitro benzene ring substituents is 2. The van der Waals surface area contributed by atoms with Crippen molar-refractivity contribution in [3.05, 3.63) is 116 Å². The molecule has 2 N–H and O–H groups in total. The minimum atomic E-state index is -4.77. The number of nitro benzene ring substituents is 2. The summed E-state index contributed by atoms with van der Waals surface area (Å²) >= 11 is 0. The standard InChI is InChI=1S/C14H7F3N2O4.C14H9F3N2O4/c15-14(16,17)23-10-4-1-8(2-5-10)13-18-11-7-9(19(20)21)3-6-12(11)22-13;15-14(16,17)9-3-1-8(2-4-9)13(21)18-11-7-10(19(22)23)5-6-12(11)20/h1-7H;1-7,20H,(H,18,21). The summed E-state index contributed by atoms with van der Waals surface area (Å²) in [6.45, 7) is 0. The first-order valence-electron chi connectivity index (χ1n) is 12.4. The number of hydrogen-bond donors (Lipinski definition) is 2. The van der Waals surface area contributed by atoms with Gasteiger partial charge in [0.1, 0.15) is 17.0 Å². The van der Waals surface area contributed by atoms with Crippen LogP contribution in [0.2, 0.25) is 0 Å². The van der Waals surface area contributed by atoms with Crippen molar-refractivity contribution in [2.24, 2.45) is 0 Å². The van der Waals surface area contributed by atoms with E-state index < -0.39 is 39.6 Å². The lowest BCUT2D eigenvalue weighted by atomic mass is 10.1. The van der Waals surface area contributed by atoms with Crippen molar-refractivity contribution in [1.82, 2.24) is 4.98 Å². The van der Waals surface area contributed by atoms with Crippen molar-refractivity contribution >= 4 is 34.1 Å². The number of alkyl halides is 6. The van der Waals surface area contributed by atoms with Gasteiger partial charge in [0.25, 0.3) is 17.3 Å². The molecule has 0 saturated carbocycles. The Kier molecular flexibility index (Phi) is 9.10. The number of anilines is 1. The predicted octanol–water partition coefficient (Wildman–Crippen LogP) is 7.87. The van der Waals surface area contributed by atoms with Gasteiger partial charge in [-0.1, -0.05) is 0 Å². The van der Waals surface area contributed by atoms with Crippen molar-refractivity contribution in [3.63, 3.8) is 0 Å². The highest BCUT2D eigenvalue weighted by atomic mass is 19.4. The Hall–Kier alpha value is -6.20. The van der Waals surface area contributed by atoms with Crippen LogP contribution in [0.5, 0.6) is 11.5 Å². The number of rotatable bonds is 6. The van der Waals surface area contributed by atoms with Crippen molar-refractivity contribution < 1.29 is 55.2 Å². The SMILES string of the molecule is O=C(Nc1cc([N+](=O)[O-])ccc1O)c1ccc(C(F)(F)F)cc1.O=[N+]([O-])c1ccc2oc(-c3ccc(OC(F)(F)F)cc3)nc2c1. The van der Waals surface area contributed by atoms with E-state index in [4.69, 9.17) is 4.42 Å². The Morgan fingerprint density at radius 2 is 1.41 bits per heavy atom. The van der Waals surface area contributed by atoms with Crippen LogP contribution in [0.15, 0.2) is 89.3 Å². The quantitative estimate of drug-likeness (QED) is 0.0803. The molecule has 12 nitrogen and oxygen atoms in total. The summed E-state index contributed by atoms with van der Waals surface area (Å²) < 4.78 is 82.8. The molecule has 0 radical (unpaired) electrons. The largest absolute Gasteiger partial charge is 0.573 e. The second-order valence-electron chi connectivity index (χ2n) is 8.99. The number of amides is 1. The normalized spacial score (nSPS) is 11.3. The average molecular weight is 650 g/mol. The first kappa shape index (κ1) is 32.7. The Morgan fingerprint density at radius 1 is 0.826 bits per heavy atom. The summed E-state index contributed by atoms with van der Waals surface area (Å²) in [6, 6.07) is 15.3. The van der Waals surface area contributed by atoms with Gasteiger partial charge >= 0.3 is 12.5 Å². The summed E-state index contributed by atoms with van der Waals surface area (Å²) in [7, 11) is 0. The van der Waals surface area contributed by atoms with Gasteiger partial charge in [-0.15, -0.1) is 13.2 Å². The summed E-state index contributed by atoms with van der Waals surface area (Å²) in [5.74, 6) is -1.45. The topological polar surface area (TPSA) is 171 Å². The van der Waals surface area contributed by atoms with E-state index in [9.17, 15) is 56.5 Å². The van der Waals surface area contributed by atoms with Gasteiger partial charge in [0.2, 0.25) is 5.89 Å². The Bertz CT molecular complexity index is 1910. The molecule has 0 aliphatic heterocycles. The zero-order chi connectivity index (χ0) is 33.8. The van der Waals surface area contributed by atoms with Gasteiger partial charge in [-0.05, 0) is 60.7 Å². The Labute approximate surface area is 251 Å². The Morgan fingerprint density at radius 3 is 1.98 bits per heavy atom. The molecule has 5 rings (SSSR count). The number of fused-ring (bicyclic) bond motifs is 1. The molecule has 4 aromatic carbocycles. The second-order valence-corrected chi connectivity index (χ2v) is 8.99. The molecule has 0 aliphatic carbocycles. The van der Waals surface area contributed by atoms with E-state index in [-0.39, 0.29) is 39.8 Å². The van der Waals surface area contributed by atoms with E-state index >= 15 is 0 Å². The summed E-state index contributed by atoms with van der Waals surface area (Å²) in [5, 5.41) is 33.2. The smallest absolute Gasteiger partial charge is 0.506 e. The van der Waals surface area contributed by atoms with Crippen molar-refractivity contribution in [3.8, 4) is 23.0 Å². The van der Waals surface area contributed by atoms with Crippen molar-refractivity contribution in [1.29, 1.82) is 0 Å². The number of carbonyl (C=O) groups is 1. The maximum Gasteiger partial charge on any atom is 0.573 e. The summed E-state index contributed by atoms with van der Waals surface area (Å²) in [6.07, 6.45) is -9.29. The molecule has 5 aromatic rings. The molecular weight excluding hydrogens is 634 g/mol. The monoisotopic (exact) mass is 650 g/mol. The average Bonchev–Trinajstić information content (AvgIpc) is 3.41. The predicted molar refractivity (Wildman–Crippen MR) is 147 cm³/mol. The number of aromatic hydroxyl groups is 1. The zero-order valence-electron chi connectivity index (χ0n) is 22.5. The number of halogens is 6. The molecule has 0 saturated heterocycles. The number of nitrogens with zero attached hydrogens (tertiary/aromatic N) is 3. The zero-order valence-corrected chi connectivity index (χ0v) is 22.5. The molecule has 0 bridgehead atoms. The lowest BCUT2D eigenvalue weighted by molar-refractivity contribution is -0.384. The Balaban J connectivity index is 0.000000209. The van der Waals surface area contributed by atoms with Crippen LogP contribution >= 0.6 is 0 Å². The molecule has 1 aromatic heterocycles. The van der Waals surface area contributed by atoms with Crippen LogP contribution in [-0.2, 0) is 6.18 Å². The lowest BCUT2D eigenvalue weighted by Gasteiger charge is -2.09. The first-order valence-corrected chi connectivity index (χ1v) is 12.4. The van der Waals surface area contributed by atoms with Crippen molar-refractivity contribution in [2.75, 3.05) is 5.32 Å². The maximum absolute atomic E-state index is 12.4. The number of benzene rings is 4. The van der Waals surface area contributed by atoms with Crippen LogP contribution in [0.1, 0.15) is 15.9 Å². The molecule has 18 heteroatoms. The number of ether oxygens (including phenoxy) is 1. The fourth-order valence-electron chi connectivity index (χ4n) is 3.69. The molecule has 0 atom stereocenters. The molecule has 0 fully saturated rings. The maximum atomic E-state index is 12.4. The van der Waals surface area contributed by atoms with Crippen LogP contribution in [0.3, 0.4) is 0 Å². The van der Waals surface area contributed by atoms with Gasteiger partial charge in [0.15, 0.2) is 5.58 Å². The van der Waals surface area contributed by atoms with Gasteiger partial charge < -0.3 is 19.6 Å². The van der Waals surface area contributed by atoms with Gasteiger partial charge in [0.05, 0.1) is 21.1 Å². The molecule has 1 amide bonds. The second kappa shape index (κ2) is 12.8. The van der Waals surface area contributed by atoms with Crippen LogP contribution in [-0.4, -0.2) is 32.2 Å². The molecule has 0 aliphatic rings. The van der Waals surface area contributed by atoms with E-state index in [1.807, 2.05) is 0 Å². The lowest BCUT2D eigenvalue weighted by Crippen LogP contribution is -2.16. The van der Waals surface area contributed by atoms with Gasteiger partial charge in [0, 0.05) is 35.4 Å². The number of aromatic nitrogens is 1. The van der Waals surface area contributed by atoms with Crippen LogP contribution in [0.25, 0.3) is 22.6 Å². The number of oxazole rings is 1.